The number of alkyl halides is 1. The highest BCUT2D eigenvalue weighted by Gasteiger charge is 2.15. The Morgan fingerprint density at radius 3 is 2.50 bits per heavy atom. The summed E-state index contributed by atoms with van der Waals surface area (Å²) in [7, 11) is 0. The molecular weight excluding hydrogens is 244 g/mol. The highest BCUT2D eigenvalue weighted by molar-refractivity contribution is 9.09. The Morgan fingerprint density at radius 1 is 1.57 bits per heavy atom. The van der Waals surface area contributed by atoms with E-state index < -0.39 is 0 Å². The minimum atomic E-state index is -0.319. The van der Waals surface area contributed by atoms with Gasteiger partial charge in [0.1, 0.15) is 6.10 Å². The third kappa shape index (κ3) is 5.43. The van der Waals surface area contributed by atoms with Gasteiger partial charge in [0.25, 0.3) is 0 Å². The highest BCUT2D eigenvalue weighted by atomic mass is 79.9. The summed E-state index contributed by atoms with van der Waals surface area (Å²) in [4.78, 5) is 11.2. The summed E-state index contributed by atoms with van der Waals surface area (Å²) in [5, 5.41) is 0.911. The zero-order valence-electron chi connectivity index (χ0n) is 8.88. The van der Waals surface area contributed by atoms with E-state index in [4.69, 9.17) is 4.74 Å². The van der Waals surface area contributed by atoms with Gasteiger partial charge in [-0.3, -0.25) is 0 Å². The molecule has 0 fully saturated rings. The van der Waals surface area contributed by atoms with Gasteiger partial charge in [0.15, 0.2) is 0 Å². The maximum absolute atomic E-state index is 11.2. The largest absolute Gasteiger partial charge is 0.459 e. The monoisotopic (exact) mass is 261 g/mol. The minimum absolute atomic E-state index is 0.0910. The van der Waals surface area contributed by atoms with E-state index in [1.54, 1.807) is 6.92 Å². The summed E-state index contributed by atoms with van der Waals surface area (Å²) in [6, 6.07) is 0. The van der Waals surface area contributed by atoms with Gasteiger partial charge in [0.05, 0.1) is 0 Å². The number of esters is 1. The first-order valence-electron chi connectivity index (χ1n) is 4.73. The van der Waals surface area contributed by atoms with E-state index >= 15 is 0 Å². The fourth-order valence-corrected chi connectivity index (χ4v) is 1.25. The first kappa shape index (κ1) is 13.7. The van der Waals surface area contributed by atoms with E-state index in [0.717, 1.165) is 11.8 Å². The van der Waals surface area contributed by atoms with Crippen molar-refractivity contribution in [3.8, 4) is 0 Å². The summed E-state index contributed by atoms with van der Waals surface area (Å²) < 4.78 is 5.21. The molecule has 0 amide bonds. The van der Waals surface area contributed by atoms with Crippen LogP contribution in [0.3, 0.4) is 0 Å². The van der Waals surface area contributed by atoms with Gasteiger partial charge >= 0.3 is 5.97 Å². The normalized spacial score (nSPS) is 14.6. The van der Waals surface area contributed by atoms with Crippen molar-refractivity contribution in [1.82, 2.24) is 0 Å². The Morgan fingerprint density at radius 2 is 2.14 bits per heavy atom. The van der Waals surface area contributed by atoms with Crippen molar-refractivity contribution in [3.63, 3.8) is 0 Å². The molecule has 14 heavy (non-hydrogen) atoms. The van der Waals surface area contributed by atoms with Gasteiger partial charge in [-0.05, 0) is 32.6 Å². The minimum Gasteiger partial charge on any atom is -0.459 e. The molecule has 2 unspecified atom stereocenters. The molecule has 0 spiro atoms. The SMILES string of the molecule is [CH2]CC(CC(C)CBr)OC(=O)C(=C)C. The molecule has 0 aromatic carbocycles. The standard InChI is InChI=1S/C11H18BrO2/c1-5-10(6-9(4)7-12)14-11(13)8(2)3/h9-10H,1-2,5-7H2,3-4H3. The Labute approximate surface area is 94.8 Å². The van der Waals surface area contributed by atoms with Gasteiger partial charge in [0.2, 0.25) is 0 Å². The summed E-state index contributed by atoms with van der Waals surface area (Å²) in [5.41, 5.74) is 0.440. The van der Waals surface area contributed by atoms with Gasteiger partial charge in [-0.15, -0.1) is 0 Å². The number of ether oxygens (including phenoxy) is 1. The maximum Gasteiger partial charge on any atom is 0.333 e. The van der Waals surface area contributed by atoms with E-state index in [0.29, 0.717) is 17.9 Å². The number of carbonyl (C=O) groups excluding carboxylic acids is 1. The Kier molecular flexibility index (Phi) is 6.89. The maximum atomic E-state index is 11.2. The molecule has 0 saturated heterocycles. The second-order valence-electron chi connectivity index (χ2n) is 3.59. The van der Waals surface area contributed by atoms with E-state index in [2.05, 4.69) is 36.4 Å². The van der Waals surface area contributed by atoms with Gasteiger partial charge in [-0.2, -0.15) is 0 Å². The number of carbonyl (C=O) groups is 1. The topological polar surface area (TPSA) is 26.3 Å². The van der Waals surface area contributed by atoms with Crippen LogP contribution in [0, 0.1) is 12.8 Å². The predicted octanol–water partition coefficient (Wildman–Crippen LogP) is 3.12. The number of rotatable bonds is 6. The molecule has 3 heteroatoms. The van der Waals surface area contributed by atoms with Crippen molar-refractivity contribution < 1.29 is 9.53 Å². The molecule has 2 atom stereocenters. The van der Waals surface area contributed by atoms with Gasteiger partial charge in [-0.1, -0.05) is 29.4 Å². The molecule has 0 saturated carbocycles. The van der Waals surface area contributed by atoms with E-state index in [1.165, 1.54) is 0 Å². The van der Waals surface area contributed by atoms with Crippen LogP contribution in [0.4, 0.5) is 0 Å². The quantitative estimate of drug-likeness (QED) is 0.417. The Balaban J connectivity index is 4.02. The molecule has 0 aliphatic rings. The van der Waals surface area contributed by atoms with Gasteiger partial charge < -0.3 is 4.74 Å². The highest BCUT2D eigenvalue weighted by Crippen LogP contribution is 2.15. The van der Waals surface area contributed by atoms with Gasteiger partial charge in [-0.25, -0.2) is 4.79 Å². The van der Waals surface area contributed by atoms with Crippen molar-refractivity contribution in [3.05, 3.63) is 19.1 Å². The third-order valence-electron chi connectivity index (χ3n) is 1.87. The summed E-state index contributed by atoms with van der Waals surface area (Å²) >= 11 is 3.39. The lowest BCUT2D eigenvalue weighted by Crippen LogP contribution is -2.20. The summed E-state index contributed by atoms with van der Waals surface area (Å²) in [6.07, 6.45) is 1.36. The molecule has 0 aliphatic heterocycles. The van der Waals surface area contributed by atoms with Crippen LogP contribution >= 0.6 is 15.9 Å². The van der Waals surface area contributed by atoms with Crippen LogP contribution in [0.2, 0.25) is 0 Å². The van der Waals surface area contributed by atoms with Crippen molar-refractivity contribution in [2.24, 2.45) is 5.92 Å². The van der Waals surface area contributed by atoms with Crippen LogP contribution in [-0.2, 0) is 9.53 Å². The first-order chi connectivity index (χ1) is 6.51. The molecular formula is C11H18BrO2. The molecule has 0 aromatic rings. The molecule has 81 valence electrons. The fraction of sp³-hybridized carbons (Fsp3) is 0.636. The Hall–Kier alpha value is -0.310. The lowest BCUT2D eigenvalue weighted by molar-refractivity contribution is -0.144. The van der Waals surface area contributed by atoms with Crippen LogP contribution in [0.1, 0.15) is 26.7 Å². The lowest BCUT2D eigenvalue weighted by atomic mass is 10.0. The predicted molar refractivity (Wildman–Crippen MR) is 62.2 cm³/mol. The van der Waals surface area contributed by atoms with Crippen LogP contribution in [-0.4, -0.2) is 17.4 Å². The molecule has 0 aliphatic carbocycles. The zero-order chi connectivity index (χ0) is 11.1. The smallest absolute Gasteiger partial charge is 0.333 e. The number of hydrogen-bond acceptors (Lipinski definition) is 2. The summed E-state index contributed by atoms with van der Waals surface area (Å²) in [6.45, 7) is 11.1. The van der Waals surface area contributed by atoms with E-state index in [9.17, 15) is 4.79 Å². The second-order valence-corrected chi connectivity index (χ2v) is 4.24. The second kappa shape index (κ2) is 7.04. The van der Waals surface area contributed by atoms with Crippen LogP contribution in [0.15, 0.2) is 12.2 Å². The lowest BCUT2D eigenvalue weighted by Gasteiger charge is -2.18. The van der Waals surface area contributed by atoms with E-state index in [1.807, 2.05) is 0 Å². The molecule has 0 heterocycles. The first-order valence-corrected chi connectivity index (χ1v) is 5.85. The van der Waals surface area contributed by atoms with Crippen LogP contribution in [0.5, 0.6) is 0 Å². The average Bonchev–Trinajstić information content (AvgIpc) is 2.16. The number of halogens is 1. The van der Waals surface area contributed by atoms with Crippen molar-refractivity contribution in [1.29, 1.82) is 0 Å². The zero-order valence-corrected chi connectivity index (χ0v) is 10.5. The average molecular weight is 262 g/mol. The van der Waals surface area contributed by atoms with Crippen molar-refractivity contribution in [2.75, 3.05) is 5.33 Å². The molecule has 0 rings (SSSR count). The van der Waals surface area contributed by atoms with E-state index in [-0.39, 0.29) is 12.1 Å². The van der Waals surface area contributed by atoms with Gasteiger partial charge in [0, 0.05) is 10.9 Å². The van der Waals surface area contributed by atoms with Crippen LogP contribution < -0.4 is 0 Å². The molecule has 0 N–H and O–H groups in total. The Bertz CT molecular complexity index is 201. The third-order valence-corrected chi connectivity index (χ3v) is 2.98. The summed E-state index contributed by atoms with van der Waals surface area (Å²) in [5.74, 6) is 0.167. The molecule has 0 aromatic heterocycles. The molecule has 0 bridgehead atoms. The molecule has 1 radical (unpaired) electrons. The number of hydrogen-bond donors (Lipinski definition) is 0. The van der Waals surface area contributed by atoms with Crippen molar-refractivity contribution in [2.45, 2.75) is 32.8 Å². The van der Waals surface area contributed by atoms with Crippen molar-refractivity contribution >= 4 is 21.9 Å². The molecule has 2 nitrogen and oxygen atoms in total. The fourth-order valence-electron chi connectivity index (χ4n) is 0.989. The van der Waals surface area contributed by atoms with Crippen LogP contribution in [0.25, 0.3) is 0 Å².